The zero-order valence-electron chi connectivity index (χ0n) is 9.29. The van der Waals surface area contributed by atoms with Crippen LogP contribution in [0, 0.1) is 19.7 Å². The van der Waals surface area contributed by atoms with Gasteiger partial charge >= 0.3 is 0 Å². The van der Waals surface area contributed by atoms with Gasteiger partial charge < -0.3 is 5.73 Å². The lowest BCUT2D eigenvalue weighted by Gasteiger charge is -2.06. The van der Waals surface area contributed by atoms with Crippen LogP contribution in [0.15, 0.2) is 30.5 Å². The Labute approximate surface area is 93.9 Å². The summed E-state index contributed by atoms with van der Waals surface area (Å²) < 4.78 is 13.2. The van der Waals surface area contributed by atoms with Gasteiger partial charge in [-0.1, -0.05) is 6.07 Å². The number of benzene rings is 1. The van der Waals surface area contributed by atoms with Crippen molar-refractivity contribution in [3.8, 4) is 11.1 Å². The Morgan fingerprint density at radius 3 is 2.44 bits per heavy atom. The molecule has 0 amide bonds. The molecular weight excluding hydrogens is 203 g/mol. The number of hydrogen-bond donors (Lipinski definition) is 1. The van der Waals surface area contributed by atoms with Crippen LogP contribution in [0.2, 0.25) is 0 Å². The van der Waals surface area contributed by atoms with Crippen LogP contribution in [0.4, 0.5) is 10.2 Å². The van der Waals surface area contributed by atoms with E-state index >= 15 is 0 Å². The lowest BCUT2D eigenvalue weighted by Crippen LogP contribution is -1.94. The summed E-state index contributed by atoms with van der Waals surface area (Å²) in [4.78, 5) is 4.07. The van der Waals surface area contributed by atoms with Crippen LogP contribution >= 0.6 is 0 Å². The second kappa shape index (κ2) is 3.93. The van der Waals surface area contributed by atoms with Crippen molar-refractivity contribution in [1.29, 1.82) is 0 Å². The first-order valence-electron chi connectivity index (χ1n) is 5.06. The fourth-order valence-electron chi connectivity index (χ4n) is 1.65. The monoisotopic (exact) mass is 216 g/mol. The van der Waals surface area contributed by atoms with Crippen molar-refractivity contribution in [1.82, 2.24) is 4.98 Å². The molecule has 0 radical (unpaired) electrons. The highest BCUT2D eigenvalue weighted by atomic mass is 19.1. The number of nitrogen functional groups attached to an aromatic ring is 1. The number of nitrogens with two attached hydrogens (primary N) is 1. The van der Waals surface area contributed by atoms with Crippen molar-refractivity contribution < 1.29 is 4.39 Å². The highest BCUT2D eigenvalue weighted by Gasteiger charge is 2.03. The van der Waals surface area contributed by atoms with Gasteiger partial charge in [0.2, 0.25) is 0 Å². The van der Waals surface area contributed by atoms with Gasteiger partial charge in [-0.3, -0.25) is 0 Å². The van der Waals surface area contributed by atoms with Gasteiger partial charge in [-0.25, -0.2) is 9.37 Å². The normalized spacial score (nSPS) is 10.4. The lowest BCUT2D eigenvalue weighted by molar-refractivity contribution is 0.627. The largest absolute Gasteiger partial charge is 0.383 e. The first-order chi connectivity index (χ1) is 7.56. The van der Waals surface area contributed by atoms with Gasteiger partial charge in [-0.2, -0.15) is 0 Å². The molecule has 2 N–H and O–H groups in total. The maximum atomic E-state index is 13.2. The first kappa shape index (κ1) is 10.6. The van der Waals surface area contributed by atoms with E-state index in [1.807, 2.05) is 26.0 Å². The summed E-state index contributed by atoms with van der Waals surface area (Å²) in [6.45, 7) is 3.75. The van der Waals surface area contributed by atoms with Crippen LogP contribution in [0.25, 0.3) is 11.1 Å². The van der Waals surface area contributed by atoms with Crippen LogP contribution in [0.3, 0.4) is 0 Å². The van der Waals surface area contributed by atoms with Crippen LogP contribution in [-0.2, 0) is 0 Å². The quantitative estimate of drug-likeness (QED) is 0.795. The van der Waals surface area contributed by atoms with E-state index in [0.29, 0.717) is 5.82 Å². The molecule has 0 saturated heterocycles. The molecule has 0 aliphatic rings. The van der Waals surface area contributed by atoms with Gasteiger partial charge in [0.1, 0.15) is 11.6 Å². The van der Waals surface area contributed by atoms with E-state index in [4.69, 9.17) is 5.73 Å². The maximum absolute atomic E-state index is 13.2. The molecule has 2 nitrogen and oxygen atoms in total. The molecule has 0 aliphatic carbocycles. The highest BCUT2D eigenvalue weighted by Crippen LogP contribution is 2.23. The van der Waals surface area contributed by atoms with Gasteiger partial charge in [0, 0.05) is 11.8 Å². The van der Waals surface area contributed by atoms with Crippen LogP contribution in [0.5, 0.6) is 0 Å². The Kier molecular flexibility index (Phi) is 2.60. The Hall–Kier alpha value is -1.90. The summed E-state index contributed by atoms with van der Waals surface area (Å²) in [5, 5.41) is 0. The van der Waals surface area contributed by atoms with Crippen molar-refractivity contribution in [3.63, 3.8) is 0 Å². The molecule has 3 heteroatoms. The molecule has 0 saturated carbocycles. The fraction of sp³-hybridized carbons (Fsp3) is 0.154. The van der Waals surface area contributed by atoms with E-state index in [1.54, 1.807) is 6.20 Å². The molecule has 0 fully saturated rings. The van der Waals surface area contributed by atoms with Crippen molar-refractivity contribution >= 4 is 5.82 Å². The van der Waals surface area contributed by atoms with E-state index in [-0.39, 0.29) is 5.82 Å². The Morgan fingerprint density at radius 2 is 1.81 bits per heavy atom. The molecule has 16 heavy (non-hydrogen) atoms. The SMILES string of the molecule is Cc1cc(F)cc(-c2cnc(N)c(C)c2)c1. The first-order valence-corrected chi connectivity index (χ1v) is 5.06. The predicted octanol–water partition coefficient (Wildman–Crippen LogP) is 3.09. The van der Waals surface area contributed by atoms with Crippen molar-refractivity contribution in [2.75, 3.05) is 5.73 Å². The summed E-state index contributed by atoms with van der Waals surface area (Å²) in [6.07, 6.45) is 1.66. The second-order valence-corrected chi connectivity index (χ2v) is 3.94. The summed E-state index contributed by atoms with van der Waals surface area (Å²) in [5.41, 5.74) is 9.15. The van der Waals surface area contributed by atoms with E-state index in [9.17, 15) is 4.39 Å². The molecule has 2 rings (SSSR count). The van der Waals surface area contributed by atoms with Crippen LogP contribution < -0.4 is 5.73 Å². The van der Waals surface area contributed by atoms with Crippen molar-refractivity contribution in [3.05, 3.63) is 47.4 Å². The van der Waals surface area contributed by atoms with E-state index in [1.165, 1.54) is 12.1 Å². The molecule has 1 heterocycles. The highest BCUT2D eigenvalue weighted by molar-refractivity contribution is 5.65. The number of rotatable bonds is 1. The number of halogens is 1. The summed E-state index contributed by atoms with van der Waals surface area (Å²) in [7, 11) is 0. The third kappa shape index (κ3) is 2.03. The number of aromatic nitrogens is 1. The molecular formula is C13H13FN2. The van der Waals surface area contributed by atoms with Crippen molar-refractivity contribution in [2.24, 2.45) is 0 Å². The van der Waals surface area contributed by atoms with Crippen LogP contribution in [-0.4, -0.2) is 4.98 Å². The van der Waals surface area contributed by atoms with E-state index in [0.717, 1.165) is 22.3 Å². The molecule has 82 valence electrons. The molecule has 2 aromatic rings. The number of aryl methyl sites for hydroxylation is 2. The number of hydrogen-bond acceptors (Lipinski definition) is 2. The van der Waals surface area contributed by atoms with E-state index in [2.05, 4.69) is 4.98 Å². The Bertz CT molecular complexity index is 515. The minimum atomic E-state index is -0.232. The van der Waals surface area contributed by atoms with Crippen LogP contribution in [0.1, 0.15) is 11.1 Å². The predicted molar refractivity (Wildman–Crippen MR) is 63.5 cm³/mol. The number of anilines is 1. The zero-order chi connectivity index (χ0) is 11.7. The molecule has 0 atom stereocenters. The van der Waals surface area contributed by atoms with Gasteiger partial charge in [-0.05, 0) is 48.7 Å². The van der Waals surface area contributed by atoms with Gasteiger partial charge in [-0.15, -0.1) is 0 Å². The van der Waals surface area contributed by atoms with Crippen molar-refractivity contribution in [2.45, 2.75) is 13.8 Å². The average molecular weight is 216 g/mol. The topological polar surface area (TPSA) is 38.9 Å². The molecule has 1 aromatic heterocycles. The Morgan fingerprint density at radius 1 is 1.06 bits per heavy atom. The van der Waals surface area contributed by atoms with Gasteiger partial charge in [0.15, 0.2) is 0 Å². The average Bonchev–Trinajstić information content (AvgIpc) is 2.20. The number of pyridine rings is 1. The lowest BCUT2D eigenvalue weighted by atomic mass is 10.0. The number of nitrogens with zero attached hydrogens (tertiary/aromatic N) is 1. The zero-order valence-corrected chi connectivity index (χ0v) is 9.29. The summed E-state index contributed by atoms with van der Waals surface area (Å²) in [6, 6.07) is 6.84. The molecule has 0 aliphatic heterocycles. The summed E-state index contributed by atoms with van der Waals surface area (Å²) in [5.74, 6) is 0.279. The minimum Gasteiger partial charge on any atom is -0.383 e. The summed E-state index contributed by atoms with van der Waals surface area (Å²) >= 11 is 0. The third-order valence-corrected chi connectivity index (χ3v) is 2.49. The second-order valence-electron chi connectivity index (χ2n) is 3.94. The molecule has 0 bridgehead atoms. The fourth-order valence-corrected chi connectivity index (χ4v) is 1.65. The molecule has 0 spiro atoms. The smallest absolute Gasteiger partial charge is 0.126 e. The van der Waals surface area contributed by atoms with E-state index < -0.39 is 0 Å². The van der Waals surface area contributed by atoms with Gasteiger partial charge in [0.05, 0.1) is 0 Å². The maximum Gasteiger partial charge on any atom is 0.126 e. The standard InChI is InChI=1S/C13H13FN2/c1-8-3-10(6-12(14)4-8)11-5-9(2)13(15)16-7-11/h3-7H,1-2H3,(H2,15,16). The molecule has 0 unspecified atom stereocenters. The van der Waals surface area contributed by atoms with Gasteiger partial charge in [0.25, 0.3) is 0 Å². The third-order valence-electron chi connectivity index (χ3n) is 2.49. The Balaban J connectivity index is 2.54. The molecule has 1 aromatic carbocycles. The minimum absolute atomic E-state index is 0.232.